The largest absolute Gasteiger partial charge is 0.497 e. The average molecular weight is 436 g/mol. The molecule has 3 aromatic rings. The number of hydrogen-bond acceptors (Lipinski definition) is 4. The van der Waals surface area contributed by atoms with Gasteiger partial charge in [-0.3, -0.25) is 9.36 Å². The summed E-state index contributed by atoms with van der Waals surface area (Å²) >= 11 is 1.55. The number of methoxy groups -OCH3 is 1. The molecule has 0 N–H and O–H groups in total. The summed E-state index contributed by atoms with van der Waals surface area (Å²) < 4.78 is 7.46. The lowest BCUT2D eigenvalue weighted by Crippen LogP contribution is -2.50. The Morgan fingerprint density at radius 2 is 1.84 bits per heavy atom. The number of amides is 1. The third kappa shape index (κ3) is 4.05. The second-order valence-corrected chi connectivity index (χ2v) is 9.49. The highest BCUT2D eigenvalue weighted by Crippen LogP contribution is 2.36. The SMILES string of the molecule is COc1ccc(-n2c(SCC(=O)N3CCCC4CCCCC43)nc3ccccc32)cc1. The van der Waals surface area contributed by atoms with Gasteiger partial charge >= 0.3 is 0 Å². The summed E-state index contributed by atoms with van der Waals surface area (Å²) in [6.45, 7) is 0.912. The molecule has 2 aliphatic rings. The van der Waals surface area contributed by atoms with Gasteiger partial charge in [0.15, 0.2) is 5.16 Å². The standard InChI is InChI=1S/C25H29N3O2S/c1-30-20-14-12-19(13-15-20)28-23-11-5-3-9-21(23)26-25(28)31-17-24(29)27-16-6-8-18-7-2-4-10-22(18)27/h3,5,9,11-15,18,22H,2,4,6-8,10,16-17H2,1H3. The number of aromatic nitrogens is 2. The number of rotatable bonds is 5. The number of hydrogen-bond donors (Lipinski definition) is 0. The van der Waals surface area contributed by atoms with Crippen molar-refractivity contribution in [2.24, 2.45) is 5.92 Å². The summed E-state index contributed by atoms with van der Waals surface area (Å²) in [5.74, 6) is 2.22. The molecular weight excluding hydrogens is 406 g/mol. The van der Waals surface area contributed by atoms with Gasteiger partial charge in [-0.05, 0) is 68.0 Å². The first-order chi connectivity index (χ1) is 15.2. The summed E-state index contributed by atoms with van der Waals surface area (Å²) in [4.78, 5) is 20.3. The molecule has 2 unspecified atom stereocenters. The van der Waals surface area contributed by atoms with E-state index in [4.69, 9.17) is 9.72 Å². The zero-order chi connectivity index (χ0) is 21.2. The van der Waals surface area contributed by atoms with Crippen LogP contribution >= 0.6 is 11.8 Å². The molecule has 2 heterocycles. The number of imidazole rings is 1. The van der Waals surface area contributed by atoms with E-state index >= 15 is 0 Å². The first-order valence-electron chi connectivity index (χ1n) is 11.3. The van der Waals surface area contributed by atoms with Gasteiger partial charge in [0.05, 0.1) is 23.9 Å². The highest BCUT2D eigenvalue weighted by molar-refractivity contribution is 7.99. The number of ether oxygens (including phenoxy) is 1. The summed E-state index contributed by atoms with van der Waals surface area (Å²) in [7, 11) is 1.67. The average Bonchev–Trinajstić information content (AvgIpc) is 3.20. The molecule has 1 aliphatic heterocycles. The van der Waals surface area contributed by atoms with Gasteiger partial charge in [-0.1, -0.05) is 36.7 Å². The van der Waals surface area contributed by atoms with E-state index in [-0.39, 0.29) is 5.91 Å². The Balaban J connectivity index is 1.39. The minimum absolute atomic E-state index is 0.259. The summed E-state index contributed by atoms with van der Waals surface area (Å²) in [6.07, 6.45) is 7.46. The lowest BCUT2D eigenvalue weighted by Gasteiger charge is -2.44. The molecule has 1 aromatic heterocycles. The normalized spacial score (nSPS) is 21.1. The molecule has 31 heavy (non-hydrogen) atoms. The molecule has 1 aliphatic carbocycles. The first-order valence-corrected chi connectivity index (χ1v) is 12.3. The van der Waals surface area contributed by atoms with E-state index in [1.54, 1.807) is 18.9 Å². The Kier molecular flexibility index (Phi) is 5.90. The number of piperidine rings is 1. The predicted octanol–water partition coefficient (Wildman–Crippen LogP) is 5.31. The fourth-order valence-corrected chi connectivity index (χ4v) is 6.14. The van der Waals surface area contributed by atoms with E-state index in [0.29, 0.717) is 17.7 Å². The second-order valence-electron chi connectivity index (χ2n) is 8.55. The van der Waals surface area contributed by atoms with Crippen molar-refractivity contribution < 1.29 is 9.53 Å². The number of para-hydroxylation sites is 2. The summed E-state index contributed by atoms with van der Waals surface area (Å²) in [5.41, 5.74) is 3.02. The smallest absolute Gasteiger partial charge is 0.233 e. The molecule has 2 atom stereocenters. The van der Waals surface area contributed by atoms with Gasteiger partial charge in [-0.2, -0.15) is 0 Å². The van der Waals surface area contributed by atoms with E-state index in [0.717, 1.165) is 40.6 Å². The number of benzene rings is 2. The third-order valence-corrected chi connectivity index (χ3v) is 7.67. The maximum atomic E-state index is 13.2. The van der Waals surface area contributed by atoms with E-state index in [1.807, 2.05) is 42.5 Å². The predicted molar refractivity (Wildman–Crippen MR) is 125 cm³/mol. The summed E-state index contributed by atoms with van der Waals surface area (Å²) in [5, 5.41) is 0.858. The first kappa shape index (κ1) is 20.4. The molecule has 2 fully saturated rings. The number of fused-ring (bicyclic) bond motifs is 2. The zero-order valence-electron chi connectivity index (χ0n) is 18.0. The van der Waals surface area contributed by atoms with Gasteiger partial charge in [-0.25, -0.2) is 4.98 Å². The quantitative estimate of drug-likeness (QED) is 0.510. The Morgan fingerprint density at radius 3 is 2.68 bits per heavy atom. The molecule has 0 radical (unpaired) electrons. The topological polar surface area (TPSA) is 47.4 Å². The van der Waals surface area contributed by atoms with Crippen molar-refractivity contribution in [1.29, 1.82) is 0 Å². The van der Waals surface area contributed by atoms with Crippen LogP contribution in [0.1, 0.15) is 38.5 Å². The molecule has 0 bridgehead atoms. The van der Waals surface area contributed by atoms with Crippen molar-refractivity contribution in [3.63, 3.8) is 0 Å². The lowest BCUT2D eigenvalue weighted by molar-refractivity contribution is -0.134. The van der Waals surface area contributed by atoms with Gasteiger partial charge in [0.1, 0.15) is 5.75 Å². The fourth-order valence-electron chi connectivity index (χ4n) is 5.23. The van der Waals surface area contributed by atoms with Crippen molar-refractivity contribution in [2.45, 2.75) is 49.7 Å². The van der Waals surface area contributed by atoms with Gasteiger partial charge in [0.2, 0.25) is 5.91 Å². The van der Waals surface area contributed by atoms with Crippen LogP contribution < -0.4 is 4.74 Å². The van der Waals surface area contributed by atoms with Crippen LogP contribution in [0.2, 0.25) is 0 Å². The van der Waals surface area contributed by atoms with Gasteiger partial charge < -0.3 is 9.64 Å². The van der Waals surface area contributed by atoms with Crippen LogP contribution in [0.5, 0.6) is 5.75 Å². The highest BCUT2D eigenvalue weighted by atomic mass is 32.2. The molecule has 6 heteroatoms. The molecule has 5 nitrogen and oxygen atoms in total. The van der Waals surface area contributed by atoms with Crippen LogP contribution in [0.15, 0.2) is 53.7 Å². The molecule has 0 spiro atoms. The molecule has 1 saturated carbocycles. The van der Waals surface area contributed by atoms with Crippen LogP contribution in [0, 0.1) is 5.92 Å². The highest BCUT2D eigenvalue weighted by Gasteiger charge is 2.35. The van der Waals surface area contributed by atoms with Crippen molar-refractivity contribution in [3.8, 4) is 11.4 Å². The molecule has 5 rings (SSSR count). The van der Waals surface area contributed by atoms with Gasteiger partial charge in [0.25, 0.3) is 0 Å². The van der Waals surface area contributed by atoms with Crippen LogP contribution in [0.3, 0.4) is 0 Å². The van der Waals surface area contributed by atoms with Crippen molar-refractivity contribution in [2.75, 3.05) is 19.4 Å². The molecule has 1 saturated heterocycles. The number of carbonyl (C=O) groups excluding carboxylic acids is 1. The minimum atomic E-state index is 0.259. The fraction of sp³-hybridized carbons (Fsp3) is 0.440. The van der Waals surface area contributed by atoms with E-state index < -0.39 is 0 Å². The van der Waals surface area contributed by atoms with E-state index in [2.05, 4.69) is 15.5 Å². The van der Waals surface area contributed by atoms with E-state index in [9.17, 15) is 4.79 Å². The van der Waals surface area contributed by atoms with Gasteiger partial charge in [-0.15, -0.1) is 0 Å². The Morgan fingerprint density at radius 1 is 1.06 bits per heavy atom. The number of nitrogens with zero attached hydrogens (tertiary/aromatic N) is 3. The maximum Gasteiger partial charge on any atom is 0.233 e. The Labute approximate surface area is 187 Å². The summed E-state index contributed by atoms with van der Waals surface area (Å²) in [6, 6.07) is 16.6. The van der Waals surface area contributed by atoms with Crippen LogP contribution in [-0.4, -0.2) is 45.8 Å². The molecule has 162 valence electrons. The Bertz CT molecular complexity index is 1060. The van der Waals surface area contributed by atoms with Crippen LogP contribution in [-0.2, 0) is 4.79 Å². The zero-order valence-corrected chi connectivity index (χ0v) is 18.8. The number of thioether (sulfide) groups is 1. The second kappa shape index (κ2) is 8.95. The number of likely N-dealkylation sites (tertiary alicyclic amines) is 1. The number of carbonyl (C=O) groups is 1. The van der Waals surface area contributed by atoms with Crippen LogP contribution in [0.4, 0.5) is 0 Å². The third-order valence-electron chi connectivity index (χ3n) is 6.75. The van der Waals surface area contributed by atoms with Crippen molar-refractivity contribution in [1.82, 2.24) is 14.5 Å². The molecule has 1 amide bonds. The monoisotopic (exact) mass is 435 g/mol. The molecular formula is C25H29N3O2S. The van der Waals surface area contributed by atoms with Gasteiger partial charge in [0, 0.05) is 18.3 Å². The van der Waals surface area contributed by atoms with Crippen molar-refractivity contribution in [3.05, 3.63) is 48.5 Å². The lowest BCUT2D eigenvalue weighted by atomic mass is 9.78. The molecule has 2 aromatic carbocycles. The van der Waals surface area contributed by atoms with Crippen LogP contribution in [0.25, 0.3) is 16.7 Å². The van der Waals surface area contributed by atoms with E-state index in [1.165, 1.54) is 32.1 Å². The van der Waals surface area contributed by atoms with Crippen molar-refractivity contribution >= 4 is 28.7 Å². The Hall–Kier alpha value is -2.47. The minimum Gasteiger partial charge on any atom is -0.497 e. The maximum absolute atomic E-state index is 13.2.